The molecule has 0 radical (unpaired) electrons. The van der Waals surface area contributed by atoms with E-state index in [1.807, 2.05) is 0 Å². The number of aliphatic hydroxyl groups is 1. The van der Waals surface area contributed by atoms with E-state index in [4.69, 9.17) is 22.7 Å². The number of phosphoric ester groups is 1. The highest BCUT2D eigenvalue weighted by atomic mass is 32.2. The number of carbonyl (C=O) groups excluding carboxylic acids is 4. The van der Waals surface area contributed by atoms with E-state index in [0.717, 1.165) is 28.3 Å². The highest BCUT2D eigenvalue weighted by Crippen LogP contribution is 2.49. The maximum Gasteiger partial charge on any atom is 0.474 e. The van der Waals surface area contributed by atoms with Crippen molar-refractivity contribution in [2.75, 3.05) is 32.6 Å². The molecule has 0 bridgehead atoms. The molecule has 7 rings (SSSR count). The molecule has 0 saturated carbocycles. The van der Waals surface area contributed by atoms with Crippen LogP contribution in [-0.4, -0.2) is 109 Å². The van der Waals surface area contributed by atoms with Crippen LogP contribution in [0.5, 0.6) is 5.75 Å². The number of carbonyl (C=O) groups is 5. The van der Waals surface area contributed by atoms with Crippen molar-refractivity contribution in [2.24, 2.45) is 0 Å². The van der Waals surface area contributed by atoms with Gasteiger partial charge in [-0.2, -0.15) is 0 Å². The third kappa shape index (κ3) is 10.3. The second-order valence-corrected chi connectivity index (χ2v) is 17.8. The summed E-state index contributed by atoms with van der Waals surface area (Å²) in [5, 5.41) is 30.2. The summed E-state index contributed by atoms with van der Waals surface area (Å²) < 4.78 is 41.4. The second-order valence-electron chi connectivity index (χ2n) is 14.8. The zero-order chi connectivity index (χ0) is 46.7. The molecule has 4 heterocycles. The predicted molar refractivity (Wildman–Crippen MR) is 228 cm³/mol. The van der Waals surface area contributed by atoms with Gasteiger partial charge in [0.25, 0.3) is 11.5 Å². The first-order valence-corrected chi connectivity index (χ1v) is 22.2. The van der Waals surface area contributed by atoms with E-state index in [9.17, 15) is 58.2 Å². The fourth-order valence-electron chi connectivity index (χ4n) is 7.20. The van der Waals surface area contributed by atoms with Crippen LogP contribution < -0.4 is 27.5 Å². The summed E-state index contributed by atoms with van der Waals surface area (Å²) in [5.74, 6) is -4.04. The molecule has 0 spiro atoms. The molecule has 3 aliphatic heterocycles. The Kier molecular flexibility index (Phi) is 13.8. The Morgan fingerprint density at radius 1 is 1.00 bits per heavy atom. The van der Waals surface area contributed by atoms with Gasteiger partial charge in [0.05, 0.1) is 30.1 Å². The Bertz CT molecular complexity index is 2920. The van der Waals surface area contributed by atoms with Crippen molar-refractivity contribution in [3.8, 4) is 28.2 Å². The fourth-order valence-corrected chi connectivity index (χ4v) is 9.25. The van der Waals surface area contributed by atoms with Crippen LogP contribution in [0.2, 0.25) is 0 Å². The third-order valence-corrected chi connectivity index (χ3v) is 13.1. The number of phenols is 1. The molecule has 6 N–H and O–H groups in total. The molecule has 3 aromatic rings. The summed E-state index contributed by atoms with van der Waals surface area (Å²) in [6.45, 7) is 0.483. The van der Waals surface area contributed by atoms with E-state index < -0.39 is 85.4 Å². The molecule has 4 amide bonds. The van der Waals surface area contributed by atoms with Crippen molar-refractivity contribution < 1.29 is 66.6 Å². The third-order valence-electron chi connectivity index (χ3n) is 10.5. The summed E-state index contributed by atoms with van der Waals surface area (Å²) in [6.07, 6.45) is -2.42. The Balaban J connectivity index is 0.892. The lowest BCUT2D eigenvalue weighted by Gasteiger charge is -2.20. The normalized spacial score (nSPS) is 19.5. The number of carboxylic acid groups (broad SMARTS) is 1. The van der Waals surface area contributed by atoms with Gasteiger partial charge < -0.3 is 24.5 Å². The van der Waals surface area contributed by atoms with Crippen LogP contribution in [0.25, 0.3) is 33.4 Å². The molecule has 22 nitrogen and oxygen atoms in total. The number of aliphatic hydroxyl groups excluding tert-OH is 1. The van der Waals surface area contributed by atoms with E-state index in [2.05, 4.69) is 15.8 Å². The molecule has 2 unspecified atom stereocenters. The van der Waals surface area contributed by atoms with Crippen LogP contribution in [-0.2, 0) is 37.3 Å². The molecule has 1 aliphatic carbocycles. The number of phosphoric acid groups is 1. The SMILES string of the molecule is COP(=O)(OCCSC1CC(=O)N(CCC(=O)NNC(=O)c2ccc(C(=O)O)c(-c3c4ccc(=O)cc-4oc4cc(O)ccc34)c2)C1=O)OC[C@H]1O[C@@H](n2cc(C)c(=O)[nH]c2=O)C[C@H]1O. The van der Waals surface area contributed by atoms with Crippen molar-refractivity contribution in [2.45, 2.75) is 49.9 Å². The Morgan fingerprint density at radius 3 is 2.54 bits per heavy atom. The first-order valence-electron chi connectivity index (χ1n) is 19.7. The van der Waals surface area contributed by atoms with Gasteiger partial charge in [-0.25, -0.2) is 14.2 Å². The maximum absolute atomic E-state index is 13.3. The molecule has 4 aliphatic rings. The van der Waals surface area contributed by atoms with E-state index in [0.29, 0.717) is 16.5 Å². The number of aromatic amines is 1. The average Bonchev–Trinajstić information content (AvgIpc) is 3.78. The number of thioether (sulfide) groups is 1. The highest BCUT2D eigenvalue weighted by molar-refractivity contribution is 8.00. The molecule has 5 atom stereocenters. The minimum atomic E-state index is -4.20. The number of carboxylic acids is 1. The number of phenolic OH excluding ortho intramolecular Hbond substituents is 1. The summed E-state index contributed by atoms with van der Waals surface area (Å²) >= 11 is 1.03. The maximum atomic E-state index is 13.3. The highest BCUT2D eigenvalue weighted by Gasteiger charge is 2.40. The summed E-state index contributed by atoms with van der Waals surface area (Å²) in [7, 11) is -3.12. The van der Waals surface area contributed by atoms with Crippen LogP contribution in [0.4, 0.5) is 0 Å². The molecule has 2 aromatic carbocycles. The lowest BCUT2D eigenvalue weighted by molar-refractivity contribution is -0.138. The van der Waals surface area contributed by atoms with Crippen molar-refractivity contribution >= 4 is 60.2 Å². The van der Waals surface area contributed by atoms with Gasteiger partial charge in [0.15, 0.2) is 5.43 Å². The first kappa shape index (κ1) is 46.5. The number of likely N-dealkylation sites (tertiary alicyclic amines) is 1. The number of nitrogens with one attached hydrogen (secondary N) is 3. The van der Waals surface area contributed by atoms with E-state index in [1.165, 1.54) is 67.7 Å². The number of imide groups is 1. The van der Waals surface area contributed by atoms with Crippen molar-refractivity contribution in [3.63, 3.8) is 0 Å². The largest absolute Gasteiger partial charge is 0.508 e. The number of aromatic hydroxyl groups is 1. The van der Waals surface area contributed by atoms with Crippen molar-refractivity contribution in [3.05, 3.63) is 109 Å². The summed E-state index contributed by atoms with van der Waals surface area (Å²) in [5.41, 5.74) is 3.62. The number of H-pyrrole nitrogens is 1. The van der Waals surface area contributed by atoms with Crippen LogP contribution in [0, 0.1) is 6.92 Å². The number of aryl methyl sites for hydroxylation is 1. The number of aromatic nitrogens is 2. The monoisotopic (exact) mass is 937 g/mol. The van der Waals surface area contributed by atoms with Crippen LogP contribution >= 0.6 is 19.6 Å². The molecule has 65 heavy (non-hydrogen) atoms. The second kappa shape index (κ2) is 19.3. The molecule has 342 valence electrons. The van der Waals surface area contributed by atoms with Crippen LogP contribution in [0.15, 0.2) is 79.6 Å². The molecule has 2 saturated heterocycles. The molecular weight excluding hydrogens is 898 g/mol. The fraction of sp³-hybridized carbons (Fsp3) is 0.317. The number of ether oxygens (including phenoxy) is 1. The zero-order valence-electron chi connectivity index (χ0n) is 34.3. The number of hydrogen-bond donors (Lipinski definition) is 6. The minimum Gasteiger partial charge on any atom is -0.508 e. The molecule has 24 heteroatoms. The summed E-state index contributed by atoms with van der Waals surface area (Å²) in [6, 6.07) is 11.8. The van der Waals surface area contributed by atoms with Crippen LogP contribution in [0.3, 0.4) is 0 Å². The predicted octanol–water partition coefficient (Wildman–Crippen LogP) is 2.28. The lowest BCUT2D eigenvalue weighted by Crippen LogP contribution is -2.43. The van der Waals surface area contributed by atoms with E-state index >= 15 is 0 Å². The number of benzene rings is 3. The number of nitrogens with zero attached hydrogens (tertiary/aromatic N) is 2. The van der Waals surface area contributed by atoms with E-state index in [1.54, 1.807) is 0 Å². The average molecular weight is 938 g/mol. The topological polar surface area (TPSA) is 312 Å². The van der Waals surface area contributed by atoms with Gasteiger partial charge in [-0.15, -0.1) is 11.8 Å². The Labute approximate surface area is 370 Å². The minimum absolute atomic E-state index is 0.0283. The number of aromatic carboxylic acids is 1. The van der Waals surface area contributed by atoms with Gasteiger partial charge in [0, 0.05) is 84.6 Å². The first-order chi connectivity index (χ1) is 30.9. The van der Waals surface area contributed by atoms with Gasteiger partial charge >= 0.3 is 19.5 Å². The Morgan fingerprint density at radius 2 is 1.78 bits per heavy atom. The number of fused-ring (bicyclic) bond motifs is 2. The summed E-state index contributed by atoms with van der Waals surface area (Å²) in [4.78, 5) is 104. The lowest BCUT2D eigenvalue weighted by atomic mass is 9.89. The van der Waals surface area contributed by atoms with Gasteiger partial charge in [-0.3, -0.25) is 67.6 Å². The van der Waals surface area contributed by atoms with Gasteiger partial charge in [0.1, 0.15) is 29.4 Å². The van der Waals surface area contributed by atoms with Crippen molar-refractivity contribution in [1.82, 2.24) is 25.3 Å². The zero-order valence-corrected chi connectivity index (χ0v) is 36.1. The number of amides is 4. The number of hydrogen-bond acceptors (Lipinski definition) is 17. The van der Waals surface area contributed by atoms with Gasteiger partial charge in [-0.1, -0.05) is 0 Å². The van der Waals surface area contributed by atoms with Crippen LogP contribution in [0.1, 0.15) is 51.8 Å². The quantitative estimate of drug-likeness (QED) is 0.0272. The number of rotatable bonds is 16. The number of hydrazine groups is 1. The Hall–Kier alpha value is -6.46. The molecule has 1 aromatic heterocycles. The standard InChI is InChI=1S/C41H40N5O17PS/c1-20-18-46(41(57)42-37(20)52)35-16-28(49)31(63-35)19-61-64(58,59-2)60-11-12-65-32-17-34(51)45(39(32)54)10-9-33(50)43-44-38(53)21-3-6-24(40(55)56)27(13-21)36-25-7-4-22(47)14-29(25)62-30-15-23(48)5-8-26(30)36/h3-8,13-15,18,28,31-32,35,47,49H,9-12,16-17,19H2,1-2H3,(H,43,50)(H,44,53)(H,55,56)(H,42,52,57)/t28-,31-,32?,35-,64?/m1/s1. The van der Waals surface area contributed by atoms with E-state index in [-0.39, 0.29) is 76.5 Å². The molecular formula is C41H40N5O17PS. The van der Waals surface area contributed by atoms with Gasteiger partial charge in [0.2, 0.25) is 17.7 Å². The van der Waals surface area contributed by atoms with Crippen molar-refractivity contribution in [1.29, 1.82) is 0 Å². The smallest absolute Gasteiger partial charge is 0.474 e. The van der Waals surface area contributed by atoms with Gasteiger partial charge in [-0.05, 0) is 55.0 Å². The molecule has 2 fully saturated rings.